The van der Waals surface area contributed by atoms with Crippen molar-refractivity contribution in [1.29, 1.82) is 0 Å². The smallest absolute Gasteiger partial charge is 0.159 e. The molecule has 152 valence electrons. The summed E-state index contributed by atoms with van der Waals surface area (Å²) in [6.45, 7) is 8.86. The molecule has 29 heavy (non-hydrogen) atoms. The first kappa shape index (κ1) is 19.6. The summed E-state index contributed by atoms with van der Waals surface area (Å²) in [7, 11) is 3.72. The van der Waals surface area contributed by atoms with Crippen molar-refractivity contribution in [2.75, 3.05) is 13.7 Å². The Morgan fingerprint density at radius 1 is 1.17 bits per heavy atom. The molecule has 0 bridgehead atoms. The van der Waals surface area contributed by atoms with E-state index in [0.29, 0.717) is 6.61 Å². The Hall–Kier alpha value is -2.73. The van der Waals surface area contributed by atoms with Crippen molar-refractivity contribution in [2.45, 2.75) is 40.2 Å². The molecule has 0 aliphatic carbocycles. The monoisotopic (exact) mass is 394 g/mol. The van der Waals surface area contributed by atoms with Crippen molar-refractivity contribution in [3.05, 3.63) is 47.0 Å². The van der Waals surface area contributed by atoms with Crippen LogP contribution < -0.4 is 0 Å². The zero-order chi connectivity index (χ0) is 20.9. The molecule has 5 nitrogen and oxygen atoms in total. The van der Waals surface area contributed by atoms with Crippen LogP contribution in [0, 0.1) is 26.6 Å². The van der Waals surface area contributed by atoms with Crippen LogP contribution in [-0.2, 0) is 11.8 Å². The van der Waals surface area contributed by atoms with Crippen LogP contribution in [0.15, 0.2) is 24.4 Å². The molecule has 0 saturated carbocycles. The van der Waals surface area contributed by atoms with Crippen molar-refractivity contribution in [1.82, 2.24) is 19.1 Å². The first-order valence-corrected chi connectivity index (χ1v) is 9.97. The zero-order valence-corrected chi connectivity index (χ0v) is 17.9. The van der Waals surface area contributed by atoms with Gasteiger partial charge in [-0.2, -0.15) is 0 Å². The third-order valence-electron chi connectivity index (χ3n) is 5.87. The van der Waals surface area contributed by atoms with Gasteiger partial charge in [0.05, 0.1) is 24.0 Å². The van der Waals surface area contributed by atoms with Gasteiger partial charge in [0.1, 0.15) is 17.0 Å². The number of hydrogen-bond acceptors (Lipinski definition) is 3. The highest BCUT2D eigenvalue weighted by Crippen LogP contribution is 2.35. The number of hydrogen-bond donors (Lipinski definition) is 0. The second-order valence-corrected chi connectivity index (χ2v) is 7.76. The summed E-state index contributed by atoms with van der Waals surface area (Å²) in [6, 6.07) is 5.13. The fourth-order valence-electron chi connectivity index (χ4n) is 4.31. The average Bonchev–Trinajstić information content (AvgIpc) is 3.13. The minimum absolute atomic E-state index is 0.220. The van der Waals surface area contributed by atoms with Crippen LogP contribution in [0.1, 0.15) is 36.2 Å². The topological polar surface area (TPSA) is 44.9 Å². The lowest BCUT2D eigenvalue weighted by atomic mass is 10.1. The molecule has 3 heterocycles. The molecule has 0 amide bonds. The SMILES string of the molecule is CCC(COC)n1cc(C)c2nc(-c3c(C)c4cc(F)ccc4n3C)c(C)nc21. The number of ether oxygens (including phenoxy) is 1. The van der Waals surface area contributed by atoms with Crippen LogP contribution in [0.4, 0.5) is 4.39 Å². The molecule has 0 fully saturated rings. The number of aryl methyl sites for hydroxylation is 4. The quantitative estimate of drug-likeness (QED) is 0.464. The predicted molar refractivity (Wildman–Crippen MR) is 115 cm³/mol. The molecule has 0 N–H and O–H groups in total. The number of methoxy groups -OCH3 is 1. The highest BCUT2D eigenvalue weighted by atomic mass is 19.1. The Morgan fingerprint density at radius 3 is 2.62 bits per heavy atom. The van der Waals surface area contributed by atoms with Crippen LogP contribution in [0.5, 0.6) is 0 Å². The molecule has 4 aromatic rings. The van der Waals surface area contributed by atoms with E-state index in [-0.39, 0.29) is 11.9 Å². The van der Waals surface area contributed by atoms with Gasteiger partial charge in [-0.25, -0.2) is 14.4 Å². The van der Waals surface area contributed by atoms with Gasteiger partial charge in [0.25, 0.3) is 0 Å². The zero-order valence-electron chi connectivity index (χ0n) is 17.9. The van der Waals surface area contributed by atoms with E-state index in [2.05, 4.69) is 29.2 Å². The molecule has 3 aromatic heterocycles. The van der Waals surface area contributed by atoms with E-state index in [4.69, 9.17) is 14.7 Å². The molecule has 0 spiro atoms. The van der Waals surface area contributed by atoms with E-state index >= 15 is 0 Å². The van der Waals surface area contributed by atoms with E-state index in [0.717, 1.165) is 56.7 Å². The lowest BCUT2D eigenvalue weighted by molar-refractivity contribution is 0.154. The van der Waals surface area contributed by atoms with Crippen LogP contribution >= 0.6 is 0 Å². The standard InChI is InChI=1S/C23H27FN4O/c1-7-17(12-29-6)28-11-13(2)20-23(28)25-15(4)21(26-20)22-14(3)18-10-16(24)8-9-19(18)27(22)5/h8-11,17H,7,12H2,1-6H3. The van der Waals surface area contributed by atoms with E-state index in [1.54, 1.807) is 13.2 Å². The number of benzene rings is 1. The maximum absolute atomic E-state index is 13.8. The van der Waals surface area contributed by atoms with E-state index in [1.165, 1.54) is 6.07 Å². The van der Waals surface area contributed by atoms with E-state index < -0.39 is 0 Å². The van der Waals surface area contributed by atoms with E-state index in [9.17, 15) is 4.39 Å². The first-order valence-electron chi connectivity index (χ1n) is 9.97. The minimum atomic E-state index is -0.229. The molecule has 0 aliphatic rings. The summed E-state index contributed by atoms with van der Waals surface area (Å²) >= 11 is 0. The Kier molecular flexibility index (Phi) is 4.90. The van der Waals surface area contributed by atoms with Gasteiger partial charge in [0, 0.05) is 31.3 Å². The molecule has 4 rings (SSSR count). The van der Waals surface area contributed by atoms with Crippen LogP contribution in [0.25, 0.3) is 33.5 Å². The Balaban J connectivity index is 1.96. The average molecular weight is 394 g/mol. The normalized spacial score (nSPS) is 12.9. The van der Waals surface area contributed by atoms with Crippen molar-refractivity contribution < 1.29 is 9.13 Å². The largest absolute Gasteiger partial charge is 0.383 e. The number of fused-ring (bicyclic) bond motifs is 2. The summed E-state index contributed by atoms with van der Waals surface area (Å²) in [5, 5.41) is 0.907. The van der Waals surface area contributed by atoms with Gasteiger partial charge in [-0.05, 0) is 56.5 Å². The summed E-state index contributed by atoms with van der Waals surface area (Å²) < 4.78 is 23.5. The molecule has 1 unspecified atom stereocenters. The number of halogens is 1. The van der Waals surface area contributed by atoms with Crippen molar-refractivity contribution in [3.8, 4) is 11.4 Å². The summed E-state index contributed by atoms with van der Waals surface area (Å²) in [6.07, 6.45) is 3.07. The highest BCUT2D eigenvalue weighted by molar-refractivity contribution is 5.92. The Morgan fingerprint density at radius 2 is 1.93 bits per heavy atom. The van der Waals surface area contributed by atoms with Crippen molar-refractivity contribution >= 4 is 22.1 Å². The number of rotatable bonds is 5. The van der Waals surface area contributed by atoms with Crippen LogP contribution in [0.2, 0.25) is 0 Å². The molecule has 0 saturated heterocycles. The Labute approximate surface area is 170 Å². The van der Waals surface area contributed by atoms with E-state index in [1.807, 2.05) is 27.0 Å². The summed E-state index contributed by atoms with van der Waals surface area (Å²) in [4.78, 5) is 9.99. The van der Waals surface area contributed by atoms with Gasteiger partial charge in [-0.15, -0.1) is 0 Å². The summed E-state index contributed by atoms with van der Waals surface area (Å²) in [5.74, 6) is -0.229. The minimum Gasteiger partial charge on any atom is -0.383 e. The van der Waals surface area contributed by atoms with Gasteiger partial charge in [-0.1, -0.05) is 6.92 Å². The van der Waals surface area contributed by atoms with Gasteiger partial charge < -0.3 is 13.9 Å². The van der Waals surface area contributed by atoms with Gasteiger partial charge in [-0.3, -0.25) is 0 Å². The maximum atomic E-state index is 13.8. The first-order chi connectivity index (χ1) is 13.9. The van der Waals surface area contributed by atoms with Gasteiger partial charge in [0.2, 0.25) is 0 Å². The third-order valence-corrected chi connectivity index (χ3v) is 5.87. The predicted octanol–water partition coefficient (Wildman–Crippen LogP) is 5.25. The molecule has 0 radical (unpaired) electrons. The van der Waals surface area contributed by atoms with Crippen molar-refractivity contribution in [2.24, 2.45) is 7.05 Å². The molecule has 0 aliphatic heterocycles. The number of aromatic nitrogens is 4. The maximum Gasteiger partial charge on any atom is 0.159 e. The summed E-state index contributed by atoms with van der Waals surface area (Å²) in [5.41, 5.74) is 7.56. The van der Waals surface area contributed by atoms with Crippen LogP contribution in [0.3, 0.4) is 0 Å². The fraction of sp³-hybridized carbons (Fsp3) is 0.391. The molecule has 6 heteroatoms. The van der Waals surface area contributed by atoms with Gasteiger partial charge >= 0.3 is 0 Å². The van der Waals surface area contributed by atoms with Gasteiger partial charge in [0.15, 0.2) is 5.65 Å². The lowest BCUT2D eigenvalue weighted by Gasteiger charge is -2.17. The Bertz CT molecular complexity index is 1220. The molecular weight excluding hydrogens is 367 g/mol. The lowest BCUT2D eigenvalue weighted by Crippen LogP contribution is -2.13. The molecule has 1 atom stereocenters. The van der Waals surface area contributed by atoms with Crippen LogP contribution in [-0.4, -0.2) is 32.8 Å². The highest BCUT2D eigenvalue weighted by Gasteiger charge is 2.21. The molecule has 1 aromatic carbocycles. The fourth-order valence-corrected chi connectivity index (χ4v) is 4.31. The number of nitrogens with zero attached hydrogens (tertiary/aromatic N) is 4. The second-order valence-electron chi connectivity index (χ2n) is 7.76. The molecular formula is C23H27FN4O. The second kappa shape index (κ2) is 7.26. The van der Waals surface area contributed by atoms with Crippen molar-refractivity contribution in [3.63, 3.8) is 0 Å². The third kappa shape index (κ3) is 3.02.